The molecule has 3 heterocycles. The van der Waals surface area contributed by atoms with E-state index >= 15 is 4.39 Å². The van der Waals surface area contributed by atoms with Crippen LogP contribution in [0.3, 0.4) is 0 Å². The highest BCUT2D eigenvalue weighted by atomic mass is 35.5. The summed E-state index contributed by atoms with van der Waals surface area (Å²) in [6.45, 7) is 0.00195. The van der Waals surface area contributed by atoms with E-state index in [0.29, 0.717) is 76.4 Å². The number of alkyl halides is 1. The van der Waals surface area contributed by atoms with Crippen LogP contribution >= 0.6 is 11.6 Å². The first-order valence-corrected chi connectivity index (χ1v) is 15.4. The van der Waals surface area contributed by atoms with E-state index in [-0.39, 0.29) is 41.8 Å². The van der Waals surface area contributed by atoms with Gasteiger partial charge in [0.15, 0.2) is 0 Å². The summed E-state index contributed by atoms with van der Waals surface area (Å²) in [6.07, 6.45) is 1.89. The first-order valence-electron chi connectivity index (χ1n) is 15.1. The van der Waals surface area contributed by atoms with Crippen LogP contribution in [0, 0.1) is 17.0 Å². The molecule has 1 fully saturated rings. The number of nitrogens with zero attached hydrogens (tertiary/aromatic N) is 3. The summed E-state index contributed by atoms with van der Waals surface area (Å²) < 4.78 is 63.6. The molecule has 1 aliphatic carbocycles. The summed E-state index contributed by atoms with van der Waals surface area (Å²) in [5.74, 6) is -0.689. The van der Waals surface area contributed by atoms with Gasteiger partial charge in [-0.05, 0) is 49.2 Å². The van der Waals surface area contributed by atoms with Crippen molar-refractivity contribution in [3.63, 3.8) is 0 Å². The topological polar surface area (TPSA) is 95.7 Å². The Balaban J connectivity index is 1.25. The van der Waals surface area contributed by atoms with E-state index in [4.69, 9.17) is 30.8 Å². The molecule has 1 saturated carbocycles. The van der Waals surface area contributed by atoms with Crippen molar-refractivity contribution in [1.29, 1.82) is 0 Å². The number of carboxylic acids is 1. The number of methoxy groups -OCH3 is 1. The molecular weight excluding hydrogens is 635 g/mol. The number of carbonyl (C=O) groups is 1. The van der Waals surface area contributed by atoms with Crippen molar-refractivity contribution in [2.24, 2.45) is 5.41 Å². The Morgan fingerprint density at radius 1 is 1.11 bits per heavy atom. The lowest BCUT2D eigenvalue weighted by Crippen LogP contribution is -2.17. The van der Waals surface area contributed by atoms with Gasteiger partial charge < -0.3 is 23.9 Å². The van der Waals surface area contributed by atoms with Crippen LogP contribution in [0.25, 0.3) is 22.3 Å². The molecule has 0 spiro atoms. The van der Waals surface area contributed by atoms with Gasteiger partial charge in [0.1, 0.15) is 41.1 Å². The van der Waals surface area contributed by atoms with Crippen molar-refractivity contribution in [2.45, 2.75) is 38.8 Å². The van der Waals surface area contributed by atoms with Crippen LogP contribution in [0.2, 0.25) is 5.02 Å². The molecule has 12 heteroatoms. The highest BCUT2D eigenvalue weighted by molar-refractivity contribution is 6.30. The quantitative estimate of drug-likeness (QED) is 0.156. The van der Waals surface area contributed by atoms with Crippen molar-refractivity contribution < 1.29 is 37.3 Å². The van der Waals surface area contributed by atoms with Crippen LogP contribution < -0.4 is 14.2 Å². The molecule has 2 aromatic heterocycles. The Labute approximate surface area is 272 Å². The van der Waals surface area contributed by atoms with E-state index in [1.165, 1.54) is 37.4 Å². The van der Waals surface area contributed by atoms with E-state index in [1.807, 2.05) is 0 Å². The Morgan fingerprint density at radius 3 is 2.66 bits per heavy atom. The molecule has 0 bridgehead atoms. The van der Waals surface area contributed by atoms with Gasteiger partial charge >= 0.3 is 5.97 Å². The molecule has 7 rings (SSSR count). The zero-order valence-corrected chi connectivity index (χ0v) is 26.0. The largest absolute Gasteiger partial charge is 0.494 e. The summed E-state index contributed by atoms with van der Waals surface area (Å²) >= 11 is 5.85. The molecule has 0 radical (unpaired) electrons. The fourth-order valence-corrected chi connectivity index (χ4v) is 6.22. The summed E-state index contributed by atoms with van der Waals surface area (Å²) in [5.41, 5.74) is 2.56. The summed E-state index contributed by atoms with van der Waals surface area (Å²) in [4.78, 5) is 21.2. The van der Waals surface area contributed by atoms with Crippen LogP contribution in [-0.4, -0.2) is 46.0 Å². The number of halogens is 4. The van der Waals surface area contributed by atoms with Gasteiger partial charge in [-0.15, -0.1) is 0 Å². The standard InChI is InChI=1S/C35H29ClF3N3O5/c1-45-29-12-20(34(43)44)11-28-32(29)41-30(42(28)18-35(17-37)8-9-35)15-23-22-7-10-46-33(22)24(14-26(23)39)27-3-2-4-31(40-27)47-16-19-5-6-21(36)13-25(19)38/h2-6,11-14H,7-10,15-18H2,1H3,(H,43,44). The number of aromatic carboxylic acids is 1. The Morgan fingerprint density at radius 2 is 1.94 bits per heavy atom. The molecule has 8 nitrogen and oxygen atoms in total. The minimum Gasteiger partial charge on any atom is -0.494 e. The molecule has 5 aromatic rings. The zero-order valence-electron chi connectivity index (χ0n) is 25.3. The van der Waals surface area contributed by atoms with Crippen molar-refractivity contribution in [1.82, 2.24) is 14.5 Å². The second kappa shape index (κ2) is 12.1. The number of benzene rings is 3. The molecule has 0 atom stereocenters. The molecular formula is C35H29ClF3N3O5. The first-order chi connectivity index (χ1) is 22.7. The number of ether oxygens (including phenoxy) is 3. The molecule has 0 unspecified atom stereocenters. The Hall–Kier alpha value is -4.77. The Bertz CT molecular complexity index is 2050. The number of rotatable bonds is 11. The average Bonchev–Trinajstić information content (AvgIpc) is 3.52. The third-order valence-corrected chi connectivity index (χ3v) is 9.10. The fraction of sp³-hybridized carbons (Fsp3) is 0.286. The van der Waals surface area contributed by atoms with E-state index in [1.54, 1.807) is 28.8 Å². The van der Waals surface area contributed by atoms with Crippen molar-refractivity contribution in [3.8, 4) is 28.6 Å². The summed E-state index contributed by atoms with van der Waals surface area (Å²) in [7, 11) is 1.43. The van der Waals surface area contributed by atoms with Crippen LogP contribution in [0.1, 0.15) is 45.7 Å². The van der Waals surface area contributed by atoms with Crippen molar-refractivity contribution >= 4 is 28.6 Å². The molecule has 0 amide bonds. The van der Waals surface area contributed by atoms with E-state index in [2.05, 4.69) is 4.98 Å². The summed E-state index contributed by atoms with van der Waals surface area (Å²) in [6, 6.07) is 13.6. The second-order valence-corrected chi connectivity index (χ2v) is 12.4. The minimum atomic E-state index is -1.14. The monoisotopic (exact) mass is 663 g/mol. The fourth-order valence-electron chi connectivity index (χ4n) is 6.06. The number of hydrogen-bond acceptors (Lipinski definition) is 6. The number of aromatic nitrogens is 3. The highest BCUT2D eigenvalue weighted by Crippen LogP contribution is 2.49. The van der Waals surface area contributed by atoms with Gasteiger partial charge in [-0.3, -0.25) is 4.39 Å². The predicted molar refractivity (Wildman–Crippen MR) is 168 cm³/mol. The summed E-state index contributed by atoms with van der Waals surface area (Å²) in [5, 5.41) is 10.0. The van der Waals surface area contributed by atoms with E-state index in [0.717, 1.165) is 0 Å². The lowest BCUT2D eigenvalue weighted by atomic mass is 9.96. The number of pyridine rings is 1. The molecule has 47 heavy (non-hydrogen) atoms. The normalized spacial score (nSPS) is 14.6. The molecule has 3 aromatic carbocycles. The molecule has 242 valence electrons. The van der Waals surface area contributed by atoms with Crippen molar-refractivity contribution in [3.05, 3.63) is 99.3 Å². The molecule has 2 aliphatic rings. The van der Waals surface area contributed by atoms with Gasteiger partial charge in [0.05, 0.1) is 37.2 Å². The smallest absolute Gasteiger partial charge is 0.335 e. The maximum atomic E-state index is 16.2. The van der Waals surface area contributed by atoms with Crippen LogP contribution in [-0.2, 0) is 26.0 Å². The molecule has 1 N–H and O–H groups in total. The van der Waals surface area contributed by atoms with Gasteiger partial charge in [-0.2, -0.15) is 0 Å². The lowest BCUT2D eigenvalue weighted by molar-refractivity contribution is 0.0696. The van der Waals surface area contributed by atoms with E-state index < -0.39 is 29.7 Å². The molecule has 0 saturated heterocycles. The highest BCUT2D eigenvalue weighted by Gasteiger charge is 2.44. The SMILES string of the molecule is COc1cc(C(=O)O)cc2c1nc(Cc1c(F)cc(-c3cccc(OCc4ccc(Cl)cc4F)n3)c3c1CCO3)n2CC1(CF)CC1. The predicted octanol–water partition coefficient (Wildman–Crippen LogP) is 7.59. The Kier molecular flexibility index (Phi) is 7.95. The number of hydrogen-bond donors (Lipinski definition) is 1. The van der Waals surface area contributed by atoms with Crippen LogP contribution in [0.4, 0.5) is 13.2 Å². The number of fused-ring (bicyclic) bond motifs is 2. The minimum absolute atomic E-state index is 0.00832. The van der Waals surface area contributed by atoms with Gasteiger partial charge in [-0.25, -0.2) is 23.5 Å². The molecule has 1 aliphatic heterocycles. The van der Waals surface area contributed by atoms with Crippen molar-refractivity contribution in [2.75, 3.05) is 20.4 Å². The van der Waals surface area contributed by atoms with Gasteiger partial charge in [0, 0.05) is 58.1 Å². The van der Waals surface area contributed by atoms with Crippen LogP contribution in [0.5, 0.6) is 17.4 Å². The van der Waals surface area contributed by atoms with Crippen LogP contribution in [0.15, 0.2) is 54.6 Å². The zero-order chi connectivity index (χ0) is 32.9. The van der Waals surface area contributed by atoms with E-state index in [9.17, 15) is 18.7 Å². The van der Waals surface area contributed by atoms with Gasteiger partial charge in [-0.1, -0.05) is 23.7 Å². The third-order valence-electron chi connectivity index (χ3n) is 8.86. The lowest BCUT2D eigenvalue weighted by Gasteiger charge is -2.17. The third kappa shape index (κ3) is 5.84. The van der Waals surface area contributed by atoms with Gasteiger partial charge in [0.25, 0.3) is 0 Å². The average molecular weight is 664 g/mol. The van der Waals surface area contributed by atoms with Gasteiger partial charge in [0.2, 0.25) is 5.88 Å². The first kappa shape index (κ1) is 30.9. The second-order valence-electron chi connectivity index (χ2n) is 12.0. The number of carboxylic acid groups (broad SMARTS) is 1. The maximum absolute atomic E-state index is 16.2. The number of imidazole rings is 1. The maximum Gasteiger partial charge on any atom is 0.335 e.